The standard InChI is InChI=1S/C23H19NO3/c25-22(24-20(23(26)27)14-15-8-2-1-3-9-15)21-18-12-6-4-10-16(18)17-11-5-7-13-19(17)21/h1-13,20-21H,14H2,(H,24,25)(H,26,27)/t20-/m1/s1. The van der Waals surface area contributed by atoms with Crippen molar-refractivity contribution in [3.05, 3.63) is 95.6 Å². The Morgan fingerprint density at radius 1 is 0.815 bits per heavy atom. The molecule has 4 rings (SSSR count). The van der Waals surface area contributed by atoms with Gasteiger partial charge in [0, 0.05) is 6.42 Å². The molecule has 0 aliphatic heterocycles. The Morgan fingerprint density at radius 3 is 1.89 bits per heavy atom. The van der Waals surface area contributed by atoms with Crippen LogP contribution in [0, 0.1) is 0 Å². The van der Waals surface area contributed by atoms with Gasteiger partial charge in [-0.25, -0.2) is 4.79 Å². The largest absolute Gasteiger partial charge is 0.480 e. The van der Waals surface area contributed by atoms with E-state index in [1.807, 2.05) is 78.9 Å². The predicted molar refractivity (Wildman–Crippen MR) is 103 cm³/mol. The van der Waals surface area contributed by atoms with Crippen molar-refractivity contribution in [3.63, 3.8) is 0 Å². The lowest BCUT2D eigenvalue weighted by atomic mass is 9.95. The molecule has 0 heterocycles. The van der Waals surface area contributed by atoms with Gasteiger partial charge in [-0.15, -0.1) is 0 Å². The minimum Gasteiger partial charge on any atom is -0.480 e. The van der Waals surface area contributed by atoms with Gasteiger partial charge in [0.1, 0.15) is 6.04 Å². The zero-order valence-electron chi connectivity index (χ0n) is 14.6. The molecule has 134 valence electrons. The van der Waals surface area contributed by atoms with Crippen molar-refractivity contribution in [2.24, 2.45) is 0 Å². The van der Waals surface area contributed by atoms with E-state index < -0.39 is 17.9 Å². The van der Waals surface area contributed by atoms with Gasteiger partial charge >= 0.3 is 5.97 Å². The van der Waals surface area contributed by atoms with Crippen LogP contribution >= 0.6 is 0 Å². The number of carboxylic acid groups (broad SMARTS) is 1. The van der Waals surface area contributed by atoms with Crippen LogP contribution in [0.15, 0.2) is 78.9 Å². The van der Waals surface area contributed by atoms with Crippen LogP contribution in [0.3, 0.4) is 0 Å². The number of aliphatic carboxylic acids is 1. The highest BCUT2D eigenvalue weighted by Crippen LogP contribution is 2.44. The average Bonchev–Trinajstić information content (AvgIpc) is 3.03. The van der Waals surface area contributed by atoms with E-state index in [-0.39, 0.29) is 12.3 Å². The van der Waals surface area contributed by atoms with Gasteiger partial charge in [0.25, 0.3) is 0 Å². The summed E-state index contributed by atoms with van der Waals surface area (Å²) in [5.74, 6) is -1.81. The monoisotopic (exact) mass is 357 g/mol. The minimum absolute atomic E-state index is 0.248. The molecule has 2 N–H and O–H groups in total. The number of carboxylic acids is 1. The van der Waals surface area contributed by atoms with Crippen molar-refractivity contribution < 1.29 is 14.7 Å². The quantitative estimate of drug-likeness (QED) is 0.733. The van der Waals surface area contributed by atoms with E-state index in [0.29, 0.717) is 0 Å². The van der Waals surface area contributed by atoms with Crippen LogP contribution in [-0.4, -0.2) is 23.0 Å². The van der Waals surface area contributed by atoms with Crippen molar-refractivity contribution in [1.29, 1.82) is 0 Å². The number of fused-ring (bicyclic) bond motifs is 3. The molecule has 0 radical (unpaired) electrons. The Balaban J connectivity index is 1.63. The molecule has 0 unspecified atom stereocenters. The second-order valence-electron chi connectivity index (χ2n) is 6.70. The Hall–Kier alpha value is -3.40. The smallest absolute Gasteiger partial charge is 0.326 e. The van der Waals surface area contributed by atoms with Gasteiger partial charge in [-0.05, 0) is 27.8 Å². The van der Waals surface area contributed by atoms with Gasteiger partial charge in [-0.3, -0.25) is 4.79 Å². The van der Waals surface area contributed by atoms with Crippen LogP contribution in [0.4, 0.5) is 0 Å². The Kier molecular flexibility index (Phi) is 4.47. The molecule has 0 fully saturated rings. The summed E-state index contributed by atoms with van der Waals surface area (Å²) in [6.07, 6.45) is 0.248. The number of hydrogen-bond acceptors (Lipinski definition) is 2. The van der Waals surface area contributed by atoms with Crippen LogP contribution in [0.2, 0.25) is 0 Å². The van der Waals surface area contributed by atoms with Crippen molar-refractivity contribution in [1.82, 2.24) is 5.32 Å². The van der Waals surface area contributed by atoms with Crippen molar-refractivity contribution in [3.8, 4) is 11.1 Å². The summed E-state index contributed by atoms with van der Waals surface area (Å²) >= 11 is 0. The summed E-state index contributed by atoms with van der Waals surface area (Å²) in [4.78, 5) is 24.8. The molecule has 4 heteroatoms. The summed E-state index contributed by atoms with van der Waals surface area (Å²) < 4.78 is 0. The summed E-state index contributed by atoms with van der Waals surface area (Å²) in [5, 5.41) is 12.4. The van der Waals surface area contributed by atoms with Crippen molar-refractivity contribution in [2.45, 2.75) is 18.4 Å². The van der Waals surface area contributed by atoms with E-state index in [9.17, 15) is 14.7 Å². The van der Waals surface area contributed by atoms with E-state index in [4.69, 9.17) is 0 Å². The molecule has 0 bridgehead atoms. The third kappa shape index (κ3) is 3.22. The summed E-state index contributed by atoms with van der Waals surface area (Å²) in [6.45, 7) is 0. The molecular weight excluding hydrogens is 338 g/mol. The first kappa shape index (κ1) is 17.0. The number of nitrogens with one attached hydrogen (secondary N) is 1. The van der Waals surface area contributed by atoms with E-state index in [2.05, 4.69) is 5.32 Å². The molecule has 1 aliphatic carbocycles. The molecule has 0 spiro atoms. The average molecular weight is 357 g/mol. The number of hydrogen-bond donors (Lipinski definition) is 2. The molecule has 3 aromatic rings. The van der Waals surface area contributed by atoms with Crippen molar-refractivity contribution in [2.75, 3.05) is 0 Å². The molecule has 1 aliphatic rings. The van der Waals surface area contributed by atoms with Crippen LogP contribution in [0.1, 0.15) is 22.6 Å². The maximum atomic E-state index is 13.1. The highest BCUT2D eigenvalue weighted by molar-refractivity contribution is 5.97. The summed E-state index contributed by atoms with van der Waals surface area (Å²) in [5.41, 5.74) is 4.77. The molecule has 0 aromatic heterocycles. The van der Waals surface area contributed by atoms with Crippen LogP contribution < -0.4 is 5.32 Å². The SMILES string of the molecule is O=C(N[C@H](Cc1ccccc1)C(=O)O)C1c2ccccc2-c2ccccc21. The molecule has 4 nitrogen and oxygen atoms in total. The van der Waals surface area contributed by atoms with Gasteiger partial charge in [0.15, 0.2) is 0 Å². The molecule has 3 aromatic carbocycles. The Morgan fingerprint density at radius 2 is 1.33 bits per heavy atom. The van der Waals surface area contributed by atoms with Crippen LogP contribution in [-0.2, 0) is 16.0 Å². The normalized spacial score (nSPS) is 13.5. The lowest BCUT2D eigenvalue weighted by Crippen LogP contribution is -2.44. The Labute approximate surface area is 157 Å². The third-order valence-electron chi connectivity index (χ3n) is 4.99. The molecule has 0 saturated carbocycles. The Bertz CT molecular complexity index is 952. The minimum atomic E-state index is -1.04. The number of carbonyl (C=O) groups excluding carboxylic acids is 1. The van der Waals surface area contributed by atoms with Gasteiger partial charge in [0.05, 0.1) is 5.92 Å². The van der Waals surface area contributed by atoms with Crippen LogP contribution in [0.5, 0.6) is 0 Å². The molecular formula is C23H19NO3. The van der Waals surface area contributed by atoms with Crippen LogP contribution in [0.25, 0.3) is 11.1 Å². The predicted octanol–water partition coefficient (Wildman–Crippen LogP) is 3.61. The number of amides is 1. The van der Waals surface area contributed by atoms with E-state index in [1.165, 1.54) is 0 Å². The summed E-state index contributed by atoms with van der Waals surface area (Å²) in [6, 6.07) is 23.9. The molecule has 0 saturated heterocycles. The number of benzene rings is 3. The molecule has 1 amide bonds. The van der Waals surface area contributed by atoms with E-state index >= 15 is 0 Å². The topological polar surface area (TPSA) is 66.4 Å². The lowest BCUT2D eigenvalue weighted by Gasteiger charge is -2.19. The van der Waals surface area contributed by atoms with Gasteiger partial charge in [0.2, 0.25) is 5.91 Å². The zero-order valence-corrected chi connectivity index (χ0v) is 14.6. The number of carbonyl (C=O) groups is 2. The molecule has 27 heavy (non-hydrogen) atoms. The molecule has 1 atom stereocenters. The lowest BCUT2D eigenvalue weighted by molar-refractivity contribution is -0.141. The first-order chi connectivity index (χ1) is 13.1. The second kappa shape index (κ2) is 7.08. The second-order valence-corrected chi connectivity index (χ2v) is 6.70. The zero-order chi connectivity index (χ0) is 18.8. The fraction of sp³-hybridized carbons (Fsp3) is 0.130. The van der Waals surface area contributed by atoms with Gasteiger partial charge in [-0.2, -0.15) is 0 Å². The first-order valence-electron chi connectivity index (χ1n) is 8.90. The highest BCUT2D eigenvalue weighted by atomic mass is 16.4. The van der Waals surface area contributed by atoms with E-state index in [1.54, 1.807) is 0 Å². The first-order valence-corrected chi connectivity index (χ1v) is 8.90. The number of rotatable bonds is 5. The highest BCUT2D eigenvalue weighted by Gasteiger charge is 2.35. The fourth-order valence-corrected chi connectivity index (χ4v) is 3.74. The third-order valence-corrected chi connectivity index (χ3v) is 4.99. The van der Waals surface area contributed by atoms with Gasteiger partial charge in [-0.1, -0.05) is 78.9 Å². The van der Waals surface area contributed by atoms with Crippen molar-refractivity contribution >= 4 is 11.9 Å². The maximum Gasteiger partial charge on any atom is 0.326 e. The fourth-order valence-electron chi connectivity index (χ4n) is 3.74. The summed E-state index contributed by atoms with van der Waals surface area (Å²) in [7, 11) is 0. The van der Waals surface area contributed by atoms with E-state index in [0.717, 1.165) is 27.8 Å². The van der Waals surface area contributed by atoms with Gasteiger partial charge < -0.3 is 10.4 Å². The maximum absolute atomic E-state index is 13.1.